The number of nitrogens with zero attached hydrogens (tertiary/aromatic N) is 2. The fourth-order valence-electron chi connectivity index (χ4n) is 3.43. The van der Waals surface area contributed by atoms with Crippen molar-refractivity contribution in [2.75, 3.05) is 33.2 Å². The van der Waals surface area contributed by atoms with E-state index in [1.807, 2.05) is 45.2 Å². The first kappa shape index (κ1) is 23.2. The van der Waals surface area contributed by atoms with Crippen LogP contribution in [0.15, 0.2) is 47.4 Å². The second-order valence-corrected chi connectivity index (χ2v) is 10.1. The maximum absolute atomic E-state index is 13.1. The third-order valence-corrected chi connectivity index (χ3v) is 7.32. The number of carbonyl (C=O) groups excluding carboxylic acids is 1. The summed E-state index contributed by atoms with van der Waals surface area (Å²) in [5.74, 6) is 0.472. The Labute approximate surface area is 185 Å². The molecule has 2 aromatic rings. The number of hydrogen-bond acceptors (Lipinski definition) is 5. The summed E-state index contributed by atoms with van der Waals surface area (Å²) in [5, 5.41) is 2.86. The van der Waals surface area contributed by atoms with Crippen molar-refractivity contribution in [2.45, 2.75) is 38.3 Å². The number of benzene rings is 2. The second kappa shape index (κ2) is 9.80. The van der Waals surface area contributed by atoms with E-state index in [4.69, 9.17) is 4.74 Å². The predicted octanol–water partition coefficient (Wildman–Crippen LogP) is 2.65. The van der Waals surface area contributed by atoms with Crippen molar-refractivity contribution in [3.8, 4) is 5.75 Å². The van der Waals surface area contributed by atoms with Crippen LogP contribution in [-0.4, -0.2) is 62.9 Å². The Morgan fingerprint density at radius 2 is 1.71 bits per heavy atom. The van der Waals surface area contributed by atoms with Crippen LogP contribution in [0.2, 0.25) is 0 Å². The molecule has 0 radical (unpaired) electrons. The highest BCUT2D eigenvalue weighted by atomic mass is 32.2. The number of rotatable bonds is 7. The number of aryl methyl sites for hydroxylation is 1. The van der Waals surface area contributed by atoms with Crippen molar-refractivity contribution in [2.24, 2.45) is 0 Å². The predicted molar refractivity (Wildman–Crippen MR) is 121 cm³/mol. The Bertz CT molecular complexity index is 1010. The molecule has 0 atom stereocenters. The zero-order chi connectivity index (χ0) is 22.6. The van der Waals surface area contributed by atoms with E-state index in [0.717, 1.165) is 11.3 Å². The van der Waals surface area contributed by atoms with Gasteiger partial charge < -0.3 is 15.0 Å². The molecule has 1 saturated heterocycles. The van der Waals surface area contributed by atoms with E-state index in [1.54, 1.807) is 19.1 Å². The fraction of sp³-hybridized carbons (Fsp3) is 0.435. The van der Waals surface area contributed by atoms with E-state index in [-0.39, 0.29) is 16.9 Å². The zero-order valence-electron chi connectivity index (χ0n) is 18.6. The molecule has 1 heterocycles. The largest absolute Gasteiger partial charge is 0.491 e. The minimum Gasteiger partial charge on any atom is -0.491 e. The number of likely N-dealkylation sites (N-methyl/N-ethyl adjacent to an activating group) is 1. The van der Waals surface area contributed by atoms with Crippen LogP contribution in [0.4, 0.5) is 0 Å². The van der Waals surface area contributed by atoms with Crippen LogP contribution in [0.1, 0.15) is 35.3 Å². The molecular weight excluding hydrogens is 414 g/mol. The minimum atomic E-state index is -3.64. The highest BCUT2D eigenvalue weighted by molar-refractivity contribution is 7.89. The molecule has 168 valence electrons. The van der Waals surface area contributed by atoms with Crippen molar-refractivity contribution in [1.29, 1.82) is 0 Å². The number of nitrogens with one attached hydrogen (secondary N) is 1. The number of ether oxygens (including phenoxy) is 1. The van der Waals surface area contributed by atoms with Gasteiger partial charge in [0.15, 0.2) is 0 Å². The molecule has 0 unspecified atom stereocenters. The molecule has 0 saturated carbocycles. The van der Waals surface area contributed by atoms with Gasteiger partial charge in [0, 0.05) is 38.3 Å². The van der Waals surface area contributed by atoms with Crippen molar-refractivity contribution < 1.29 is 17.9 Å². The highest BCUT2D eigenvalue weighted by Crippen LogP contribution is 2.23. The van der Waals surface area contributed by atoms with E-state index < -0.39 is 10.0 Å². The summed E-state index contributed by atoms with van der Waals surface area (Å²) >= 11 is 0. The average molecular weight is 446 g/mol. The molecule has 0 aliphatic carbocycles. The molecule has 8 heteroatoms. The van der Waals surface area contributed by atoms with Gasteiger partial charge in [0.05, 0.1) is 11.0 Å². The summed E-state index contributed by atoms with van der Waals surface area (Å²) < 4.78 is 33.4. The van der Waals surface area contributed by atoms with Crippen LogP contribution in [-0.2, 0) is 16.6 Å². The molecule has 7 nitrogen and oxygen atoms in total. The smallest absolute Gasteiger partial charge is 0.251 e. The molecule has 0 bridgehead atoms. The summed E-state index contributed by atoms with van der Waals surface area (Å²) in [4.78, 5) is 15.0. The van der Waals surface area contributed by atoms with E-state index in [0.29, 0.717) is 43.9 Å². The maximum atomic E-state index is 13.1. The monoisotopic (exact) mass is 445 g/mol. The molecule has 1 N–H and O–H groups in total. The molecule has 1 fully saturated rings. The van der Waals surface area contributed by atoms with Crippen LogP contribution < -0.4 is 10.1 Å². The lowest BCUT2D eigenvalue weighted by atomic mass is 10.1. The van der Waals surface area contributed by atoms with Gasteiger partial charge in [0.2, 0.25) is 10.0 Å². The Hall–Kier alpha value is -2.42. The normalized spacial score (nSPS) is 15.8. The van der Waals surface area contributed by atoms with E-state index in [9.17, 15) is 13.2 Å². The lowest BCUT2D eigenvalue weighted by Gasteiger charge is -2.32. The SMILES string of the molecule is Cc1ccc(C(=O)NCc2ccc(OC(C)C)cc2)cc1S(=O)(=O)N1CCN(C)CC1. The number of sulfonamides is 1. The lowest BCUT2D eigenvalue weighted by molar-refractivity contribution is 0.0950. The van der Waals surface area contributed by atoms with Crippen LogP contribution in [0.3, 0.4) is 0 Å². The summed E-state index contributed by atoms with van der Waals surface area (Å²) in [6.07, 6.45) is 0.100. The molecule has 1 aliphatic heterocycles. The van der Waals surface area contributed by atoms with Gasteiger partial charge >= 0.3 is 0 Å². The van der Waals surface area contributed by atoms with Crippen LogP contribution >= 0.6 is 0 Å². The molecule has 3 rings (SSSR count). The Kier molecular flexibility index (Phi) is 7.35. The molecule has 1 amide bonds. The maximum Gasteiger partial charge on any atom is 0.251 e. The third-order valence-electron chi connectivity index (χ3n) is 5.28. The van der Waals surface area contributed by atoms with Gasteiger partial charge in [-0.1, -0.05) is 18.2 Å². The highest BCUT2D eigenvalue weighted by Gasteiger charge is 2.29. The van der Waals surface area contributed by atoms with Gasteiger partial charge in [-0.3, -0.25) is 4.79 Å². The summed E-state index contributed by atoms with van der Waals surface area (Å²) in [7, 11) is -1.66. The topological polar surface area (TPSA) is 78.9 Å². The summed E-state index contributed by atoms with van der Waals surface area (Å²) in [5.41, 5.74) is 1.90. The van der Waals surface area contributed by atoms with Gasteiger partial charge in [-0.25, -0.2) is 8.42 Å². The molecule has 0 aromatic heterocycles. The molecule has 31 heavy (non-hydrogen) atoms. The number of amides is 1. The van der Waals surface area contributed by atoms with E-state index >= 15 is 0 Å². The first-order valence-corrected chi connectivity index (χ1v) is 11.9. The van der Waals surface area contributed by atoms with Gasteiger partial charge in [-0.15, -0.1) is 0 Å². The molecule has 2 aromatic carbocycles. The molecule has 1 aliphatic rings. The van der Waals surface area contributed by atoms with Gasteiger partial charge in [0.25, 0.3) is 5.91 Å². The van der Waals surface area contributed by atoms with Gasteiger partial charge in [0.1, 0.15) is 5.75 Å². The molecule has 0 spiro atoms. The Morgan fingerprint density at radius 1 is 1.06 bits per heavy atom. The third kappa shape index (κ3) is 5.84. The van der Waals surface area contributed by atoms with Gasteiger partial charge in [-0.05, 0) is 63.2 Å². The Balaban J connectivity index is 1.69. The van der Waals surface area contributed by atoms with E-state index in [2.05, 4.69) is 10.2 Å². The van der Waals surface area contributed by atoms with Crippen molar-refractivity contribution in [3.63, 3.8) is 0 Å². The molecular formula is C23H31N3O4S. The van der Waals surface area contributed by atoms with E-state index in [1.165, 1.54) is 10.4 Å². The summed E-state index contributed by atoms with van der Waals surface area (Å²) in [6, 6.07) is 12.4. The van der Waals surface area contributed by atoms with Crippen molar-refractivity contribution >= 4 is 15.9 Å². The Morgan fingerprint density at radius 3 is 2.32 bits per heavy atom. The number of piperazine rings is 1. The van der Waals surface area contributed by atoms with Gasteiger partial charge in [-0.2, -0.15) is 4.31 Å². The minimum absolute atomic E-state index is 0.100. The standard InChI is InChI=1S/C23H31N3O4S/c1-17(2)30-21-9-6-19(7-10-21)16-24-23(27)20-8-5-18(3)22(15-20)31(28,29)26-13-11-25(4)12-14-26/h5-10,15,17H,11-14,16H2,1-4H3,(H,24,27). The van der Waals surface area contributed by atoms with Crippen LogP contribution in [0.5, 0.6) is 5.75 Å². The second-order valence-electron chi connectivity index (χ2n) is 8.18. The quantitative estimate of drug-likeness (QED) is 0.709. The average Bonchev–Trinajstić information content (AvgIpc) is 2.73. The van der Waals surface area contributed by atoms with Crippen molar-refractivity contribution in [3.05, 3.63) is 59.2 Å². The first-order chi connectivity index (χ1) is 14.7. The number of hydrogen-bond donors (Lipinski definition) is 1. The van der Waals surface area contributed by atoms with Crippen molar-refractivity contribution in [1.82, 2.24) is 14.5 Å². The summed E-state index contributed by atoms with van der Waals surface area (Å²) in [6.45, 7) is 8.32. The fourth-order valence-corrected chi connectivity index (χ4v) is 5.10. The van der Waals surface area contributed by atoms with Crippen LogP contribution in [0.25, 0.3) is 0 Å². The first-order valence-electron chi connectivity index (χ1n) is 10.5. The van der Waals surface area contributed by atoms with Crippen LogP contribution in [0, 0.1) is 6.92 Å². The number of carbonyl (C=O) groups is 1. The lowest BCUT2D eigenvalue weighted by Crippen LogP contribution is -2.47. The zero-order valence-corrected chi connectivity index (χ0v) is 19.4.